The maximum Gasteiger partial charge on any atom is 0.276 e. The zero-order chi connectivity index (χ0) is 20.4. The van der Waals surface area contributed by atoms with Gasteiger partial charge in [-0.05, 0) is 32.9 Å². The summed E-state index contributed by atoms with van der Waals surface area (Å²) in [5.41, 5.74) is 0. The van der Waals surface area contributed by atoms with Gasteiger partial charge < -0.3 is 5.32 Å². The molecule has 0 fully saturated rings. The lowest BCUT2D eigenvalue weighted by molar-refractivity contribution is 0.538. The second-order valence-electron chi connectivity index (χ2n) is 6.95. The Bertz CT molecular complexity index is 539. The Morgan fingerprint density at radius 1 is 0.519 bits per heavy atom. The highest BCUT2D eigenvalue weighted by molar-refractivity contribution is 7.88. The summed E-state index contributed by atoms with van der Waals surface area (Å²) in [5, 5.41) is 2.98. The van der Waals surface area contributed by atoms with E-state index < -0.39 is 20.2 Å². The molecule has 0 aliphatic rings. The molecule has 0 atom stereocenters. The molecule has 10 heteroatoms. The zero-order valence-electron chi connectivity index (χ0n) is 17.1. The maximum absolute atomic E-state index is 11.7. The second kappa shape index (κ2) is 16.7. The van der Waals surface area contributed by atoms with Crippen LogP contribution >= 0.6 is 0 Å². The van der Waals surface area contributed by atoms with E-state index in [1.807, 2.05) is 7.05 Å². The summed E-state index contributed by atoms with van der Waals surface area (Å²) in [6.45, 7) is 2.27. The monoisotopic (exact) mass is 428 g/mol. The first kappa shape index (κ1) is 26.7. The number of hydrogen-bond acceptors (Lipinski definition) is 5. The van der Waals surface area contributed by atoms with Crippen LogP contribution < -0.4 is 19.5 Å². The topological polar surface area (TPSA) is 116 Å². The molecular weight excluding hydrogens is 388 g/mol. The van der Waals surface area contributed by atoms with Crippen LogP contribution in [0.4, 0.5) is 0 Å². The number of hydrogen-bond donors (Lipinski definition) is 4. The van der Waals surface area contributed by atoms with Crippen LogP contribution in [-0.4, -0.2) is 56.3 Å². The first-order chi connectivity index (χ1) is 12.8. The Morgan fingerprint density at radius 3 is 1.30 bits per heavy atom. The van der Waals surface area contributed by atoms with E-state index in [1.165, 1.54) is 31.9 Å². The van der Waals surface area contributed by atoms with E-state index in [1.54, 1.807) is 0 Å². The molecule has 0 unspecified atom stereocenters. The van der Waals surface area contributed by atoms with E-state index in [2.05, 4.69) is 19.5 Å². The predicted octanol–water partition coefficient (Wildman–Crippen LogP) is 1.47. The molecule has 0 aliphatic heterocycles. The number of rotatable bonds is 20. The third-order valence-electron chi connectivity index (χ3n) is 4.16. The molecule has 0 aromatic heterocycles. The molecule has 0 aliphatic carbocycles. The average Bonchev–Trinajstić information content (AvgIpc) is 2.58. The van der Waals surface area contributed by atoms with Gasteiger partial charge in [-0.1, -0.05) is 51.4 Å². The summed E-state index contributed by atoms with van der Waals surface area (Å²) < 4.78 is 52.7. The van der Waals surface area contributed by atoms with Gasteiger partial charge in [-0.25, -0.2) is 22.6 Å². The van der Waals surface area contributed by atoms with Gasteiger partial charge in [0.2, 0.25) is 10.0 Å². The van der Waals surface area contributed by atoms with Gasteiger partial charge in [-0.15, -0.1) is 0 Å². The van der Waals surface area contributed by atoms with Crippen molar-refractivity contribution in [1.29, 1.82) is 0 Å². The van der Waals surface area contributed by atoms with Crippen molar-refractivity contribution in [3.8, 4) is 0 Å². The lowest BCUT2D eigenvalue weighted by Crippen LogP contribution is -2.38. The minimum absolute atomic E-state index is 0.449. The van der Waals surface area contributed by atoms with E-state index >= 15 is 0 Å². The largest absolute Gasteiger partial charge is 0.320 e. The molecule has 0 radical (unpaired) electrons. The summed E-state index contributed by atoms with van der Waals surface area (Å²) in [6, 6.07) is 0. The first-order valence-electron chi connectivity index (χ1n) is 10.1. The quantitative estimate of drug-likeness (QED) is 0.219. The Labute approximate surface area is 166 Å². The molecule has 0 saturated heterocycles. The highest BCUT2D eigenvalue weighted by atomic mass is 32.2. The van der Waals surface area contributed by atoms with Crippen molar-refractivity contribution in [3.63, 3.8) is 0 Å². The van der Waals surface area contributed by atoms with Crippen molar-refractivity contribution >= 4 is 20.2 Å². The normalized spacial score (nSPS) is 12.5. The van der Waals surface area contributed by atoms with Crippen molar-refractivity contribution in [2.24, 2.45) is 0 Å². The lowest BCUT2D eigenvalue weighted by Gasteiger charge is -2.08. The molecule has 0 amide bonds. The molecule has 8 nitrogen and oxygen atoms in total. The molecule has 0 bridgehead atoms. The maximum atomic E-state index is 11.7. The van der Waals surface area contributed by atoms with Gasteiger partial charge in [0, 0.05) is 19.6 Å². The molecular formula is C17H40N4O4S2. The molecule has 0 aromatic carbocycles. The van der Waals surface area contributed by atoms with Crippen molar-refractivity contribution < 1.29 is 16.8 Å². The summed E-state index contributed by atoms with van der Waals surface area (Å²) in [4.78, 5) is 0. The first-order valence-corrected chi connectivity index (χ1v) is 13.5. The van der Waals surface area contributed by atoms with E-state index in [-0.39, 0.29) is 0 Å². The van der Waals surface area contributed by atoms with E-state index in [0.717, 1.165) is 51.5 Å². The summed E-state index contributed by atoms with van der Waals surface area (Å²) in [7, 11) is -4.56. The van der Waals surface area contributed by atoms with Crippen LogP contribution in [0.3, 0.4) is 0 Å². The minimum Gasteiger partial charge on any atom is -0.320 e. The van der Waals surface area contributed by atoms with Gasteiger partial charge >= 0.3 is 0 Å². The molecule has 0 heterocycles. The number of nitrogens with one attached hydrogen (secondary N) is 4. The van der Waals surface area contributed by atoms with Crippen LogP contribution in [0.5, 0.6) is 0 Å². The van der Waals surface area contributed by atoms with E-state index in [4.69, 9.17) is 0 Å². The van der Waals surface area contributed by atoms with E-state index in [9.17, 15) is 16.8 Å². The molecule has 0 spiro atoms. The van der Waals surface area contributed by atoms with Gasteiger partial charge in [0.1, 0.15) is 0 Å². The van der Waals surface area contributed by atoms with Gasteiger partial charge in [0.25, 0.3) is 10.2 Å². The Morgan fingerprint density at radius 2 is 0.889 bits per heavy atom. The number of sulfonamides is 1. The Hall–Kier alpha value is -0.260. The number of unbranched alkanes of at least 4 members (excludes halogenated alkanes) is 9. The molecule has 0 aromatic rings. The van der Waals surface area contributed by atoms with Crippen LogP contribution in [0.25, 0.3) is 0 Å². The van der Waals surface area contributed by atoms with Crippen molar-refractivity contribution in [2.45, 2.75) is 70.6 Å². The average molecular weight is 429 g/mol. The van der Waals surface area contributed by atoms with Crippen LogP contribution in [0.1, 0.15) is 70.6 Å². The van der Waals surface area contributed by atoms with Crippen LogP contribution in [0, 0.1) is 0 Å². The Kier molecular flexibility index (Phi) is 16.5. The highest BCUT2D eigenvalue weighted by Gasteiger charge is 2.06. The summed E-state index contributed by atoms with van der Waals surface area (Å²) >= 11 is 0. The predicted molar refractivity (Wildman–Crippen MR) is 112 cm³/mol. The molecule has 0 rings (SSSR count). The van der Waals surface area contributed by atoms with Gasteiger partial charge in [-0.2, -0.15) is 8.42 Å². The zero-order valence-corrected chi connectivity index (χ0v) is 18.7. The molecule has 164 valence electrons. The SMILES string of the molecule is CNCCCNS(=O)(=O)NCCCCCCCCCCCCNS(C)(=O)=O. The van der Waals surface area contributed by atoms with Crippen LogP contribution in [0.2, 0.25) is 0 Å². The van der Waals surface area contributed by atoms with Gasteiger partial charge in [0.05, 0.1) is 6.26 Å². The minimum atomic E-state index is -3.35. The van der Waals surface area contributed by atoms with Gasteiger partial charge in [-0.3, -0.25) is 0 Å². The summed E-state index contributed by atoms with van der Waals surface area (Å²) in [5.74, 6) is 0. The standard InChI is InChI=1S/C17H40N4O4S2/c1-18-14-13-17-21-27(24,25)20-16-12-10-8-6-4-3-5-7-9-11-15-19-26(2,22)23/h18-21H,3-17H2,1-2H3. The molecule has 0 saturated carbocycles. The third kappa shape index (κ3) is 21.9. The molecule has 27 heavy (non-hydrogen) atoms. The second-order valence-corrected chi connectivity index (χ2v) is 10.4. The third-order valence-corrected chi connectivity index (χ3v) is 6.05. The smallest absolute Gasteiger partial charge is 0.276 e. The van der Waals surface area contributed by atoms with E-state index in [0.29, 0.717) is 19.6 Å². The van der Waals surface area contributed by atoms with Gasteiger partial charge in [0.15, 0.2) is 0 Å². The molecule has 4 N–H and O–H groups in total. The summed E-state index contributed by atoms with van der Waals surface area (Å²) in [6.07, 6.45) is 12.9. The highest BCUT2D eigenvalue weighted by Crippen LogP contribution is 2.10. The van der Waals surface area contributed by atoms with Crippen molar-refractivity contribution in [1.82, 2.24) is 19.5 Å². The van der Waals surface area contributed by atoms with Crippen LogP contribution in [-0.2, 0) is 20.2 Å². The fraction of sp³-hybridized carbons (Fsp3) is 1.00. The fourth-order valence-corrected chi connectivity index (χ4v) is 4.09. The fourth-order valence-electron chi connectivity index (χ4n) is 2.65. The lowest BCUT2D eigenvalue weighted by atomic mass is 10.1. The van der Waals surface area contributed by atoms with Crippen molar-refractivity contribution in [2.75, 3.05) is 39.5 Å². The van der Waals surface area contributed by atoms with Crippen LogP contribution in [0.15, 0.2) is 0 Å². The Balaban J connectivity index is 3.31. The van der Waals surface area contributed by atoms with Crippen molar-refractivity contribution in [3.05, 3.63) is 0 Å².